The number of aryl methyl sites for hydroxylation is 2. The molecule has 1 aliphatic rings. The third-order valence-electron chi connectivity index (χ3n) is 5.91. The van der Waals surface area contributed by atoms with Crippen molar-refractivity contribution in [2.45, 2.75) is 59.4 Å². The Kier molecular flexibility index (Phi) is 6.71. The molecule has 2 amide bonds. The van der Waals surface area contributed by atoms with Gasteiger partial charge >= 0.3 is 12.0 Å². The Bertz CT molecular complexity index is 1130. The zero-order valence-electron chi connectivity index (χ0n) is 18.9. The fourth-order valence-electron chi connectivity index (χ4n) is 4.28. The van der Waals surface area contributed by atoms with Crippen LogP contribution in [0.25, 0.3) is 5.00 Å². The van der Waals surface area contributed by atoms with Crippen LogP contribution in [-0.4, -0.2) is 23.2 Å². The molecule has 0 fully saturated rings. The normalized spacial score (nSPS) is 14.0. The van der Waals surface area contributed by atoms with Gasteiger partial charge in [-0.15, -0.1) is 22.7 Å². The summed E-state index contributed by atoms with van der Waals surface area (Å²) in [6.45, 7) is 8.30. The van der Waals surface area contributed by atoms with E-state index in [1.54, 1.807) is 18.3 Å². The predicted molar refractivity (Wildman–Crippen MR) is 131 cm³/mol. The highest BCUT2D eigenvalue weighted by molar-refractivity contribution is 7.17. The molecule has 3 heterocycles. The second-order valence-corrected chi connectivity index (χ2v) is 10.4. The largest absolute Gasteiger partial charge is 0.462 e. The summed E-state index contributed by atoms with van der Waals surface area (Å²) in [7, 11) is 0. The lowest BCUT2D eigenvalue weighted by Gasteiger charge is -2.17. The summed E-state index contributed by atoms with van der Waals surface area (Å²) in [6, 6.07) is 3.48. The number of hydrogen-bond donors (Lipinski definition) is 2. The summed E-state index contributed by atoms with van der Waals surface area (Å²) >= 11 is 3.22. The molecule has 0 saturated heterocycles. The van der Waals surface area contributed by atoms with Crippen molar-refractivity contribution >= 4 is 39.7 Å². The van der Waals surface area contributed by atoms with E-state index in [1.807, 2.05) is 31.5 Å². The van der Waals surface area contributed by atoms with Gasteiger partial charge < -0.3 is 14.6 Å². The van der Waals surface area contributed by atoms with Gasteiger partial charge in [0.25, 0.3) is 0 Å². The van der Waals surface area contributed by atoms with Crippen molar-refractivity contribution in [1.82, 2.24) is 9.88 Å². The SMILES string of the molecule is CCOC(=O)c1c(NC(=O)N[C@@H](C)c2c(-n3cccc3)sc(C)c2C)sc2c1CCCC2. The van der Waals surface area contributed by atoms with Crippen molar-refractivity contribution in [1.29, 1.82) is 0 Å². The van der Waals surface area contributed by atoms with Gasteiger partial charge in [0.15, 0.2) is 0 Å². The molecule has 1 atom stereocenters. The van der Waals surface area contributed by atoms with Gasteiger partial charge in [0.1, 0.15) is 10.0 Å². The van der Waals surface area contributed by atoms with Gasteiger partial charge in [0.05, 0.1) is 18.2 Å². The minimum absolute atomic E-state index is 0.196. The lowest BCUT2D eigenvalue weighted by Crippen LogP contribution is -2.32. The van der Waals surface area contributed by atoms with Crippen molar-refractivity contribution in [3.63, 3.8) is 0 Å². The van der Waals surface area contributed by atoms with Gasteiger partial charge in [-0.05, 0) is 76.6 Å². The van der Waals surface area contributed by atoms with Crippen LogP contribution in [0.5, 0.6) is 0 Å². The summed E-state index contributed by atoms with van der Waals surface area (Å²) in [6.07, 6.45) is 7.99. The number of ether oxygens (including phenoxy) is 1. The van der Waals surface area contributed by atoms with Crippen molar-refractivity contribution < 1.29 is 14.3 Å². The zero-order chi connectivity index (χ0) is 22.8. The fourth-order valence-corrected chi connectivity index (χ4v) is 6.77. The fraction of sp³-hybridized carbons (Fsp3) is 0.417. The first-order chi connectivity index (χ1) is 15.4. The molecule has 3 aromatic rings. The van der Waals surface area contributed by atoms with Crippen LogP contribution in [0.3, 0.4) is 0 Å². The Morgan fingerprint density at radius 3 is 2.59 bits per heavy atom. The molecule has 0 aliphatic heterocycles. The number of rotatable bonds is 6. The zero-order valence-corrected chi connectivity index (χ0v) is 20.5. The number of amides is 2. The maximum absolute atomic E-state index is 13.0. The molecule has 0 bridgehead atoms. The molecule has 8 heteroatoms. The van der Waals surface area contributed by atoms with Crippen molar-refractivity contribution in [3.05, 3.63) is 56.5 Å². The third-order valence-corrected chi connectivity index (χ3v) is 8.35. The van der Waals surface area contributed by atoms with Gasteiger partial charge in [-0.3, -0.25) is 5.32 Å². The van der Waals surface area contributed by atoms with Gasteiger partial charge in [-0.1, -0.05) is 0 Å². The first kappa shape index (κ1) is 22.6. The van der Waals surface area contributed by atoms with Gasteiger partial charge in [-0.2, -0.15) is 0 Å². The Morgan fingerprint density at radius 1 is 1.16 bits per heavy atom. The van der Waals surface area contributed by atoms with Gasteiger partial charge in [0, 0.05) is 27.7 Å². The topological polar surface area (TPSA) is 72.4 Å². The van der Waals surface area contributed by atoms with E-state index in [2.05, 4.69) is 29.0 Å². The van der Waals surface area contributed by atoms with E-state index in [0.29, 0.717) is 17.2 Å². The lowest BCUT2D eigenvalue weighted by atomic mass is 9.95. The average Bonchev–Trinajstić information content (AvgIpc) is 3.46. The number of nitrogens with one attached hydrogen (secondary N) is 2. The van der Waals surface area contributed by atoms with Crippen LogP contribution < -0.4 is 10.6 Å². The van der Waals surface area contributed by atoms with E-state index in [0.717, 1.165) is 41.8 Å². The minimum atomic E-state index is -0.352. The number of nitrogens with zero attached hydrogens (tertiary/aromatic N) is 1. The molecule has 0 spiro atoms. The molecule has 0 unspecified atom stereocenters. The second kappa shape index (κ2) is 9.50. The molecule has 32 heavy (non-hydrogen) atoms. The summed E-state index contributed by atoms with van der Waals surface area (Å²) in [5.74, 6) is -0.352. The third kappa shape index (κ3) is 4.34. The molecule has 6 nitrogen and oxygen atoms in total. The molecule has 0 saturated carbocycles. The number of carbonyl (C=O) groups is 2. The van der Waals surface area contributed by atoms with Crippen LogP contribution in [-0.2, 0) is 17.6 Å². The van der Waals surface area contributed by atoms with Crippen LogP contribution in [0.15, 0.2) is 24.5 Å². The maximum atomic E-state index is 13.0. The quantitative estimate of drug-likeness (QED) is 0.423. The second-order valence-electron chi connectivity index (χ2n) is 8.05. The Morgan fingerprint density at radius 2 is 1.88 bits per heavy atom. The van der Waals surface area contributed by atoms with E-state index >= 15 is 0 Å². The Balaban J connectivity index is 1.57. The number of fused-ring (bicyclic) bond motifs is 1. The maximum Gasteiger partial charge on any atom is 0.341 e. The molecule has 0 radical (unpaired) electrons. The number of anilines is 1. The Hall–Kier alpha value is -2.58. The molecule has 0 aromatic carbocycles. The van der Waals surface area contributed by atoms with Crippen molar-refractivity contribution in [2.75, 3.05) is 11.9 Å². The van der Waals surface area contributed by atoms with Crippen LogP contribution >= 0.6 is 22.7 Å². The first-order valence-corrected chi connectivity index (χ1v) is 12.7. The Labute approximate surface area is 196 Å². The molecule has 4 rings (SSSR count). The van der Waals surface area contributed by atoms with E-state index < -0.39 is 0 Å². The number of esters is 1. The first-order valence-electron chi connectivity index (χ1n) is 11.0. The predicted octanol–water partition coefficient (Wildman–Crippen LogP) is 6.16. The van der Waals surface area contributed by atoms with Crippen LogP contribution in [0, 0.1) is 13.8 Å². The number of hydrogen-bond acceptors (Lipinski definition) is 5. The molecular formula is C24H29N3O3S2. The highest BCUT2D eigenvalue weighted by Crippen LogP contribution is 2.39. The molecule has 2 N–H and O–H groups in total. The van der Waals surface area contributed by atoms with E-state index in [-0.39, 0.29) is 18.0 Å². The van der Waals surface area contributed by atoms with E-state index in [1.165, 1.54) is 26.7 Å². The number of urea groups is 1. The average molecular weight is 472 g/mol. The van der Waals surface area contributed by atoms with Crippen molar-refractivity contribution in [2.24, 2.45) is 0 Å². The van der Waals surface area contributed by atoms with Crippen LogP contribution in [0.1, 0.15) is 69.5 Å². The monoisotopic (exact) mass is 471 g/mol. The van der Waals surface area contributed by atoms with Crippen LogP contribution in [0.2, 0.25) is 0 Å². The molecule has 1 aliphatic carbocycles. The minimum Gasteiger partial charge on any atom is -0.462 e. The number of aromatic nitrogens is 1. The highest BCUT2D eigenvalue weighted by Gasteiger charge is 2.28. The highest BCUT2D eigenvalue weighted by atomic mass is 32.1. The standard InChI is InChI=1S/C24H29N3O3S2/c1-5-30-23(28)20-17-10-6-7-11-18(17)32-21(20)26-24(29)25-15(3)19-14(2)16(4)31-22(19)27-12-8-9-13-27/h8-9,12-13,15H,5-7,10-11H2,1-4H3,(H2,25,26,29)/t15-/m0/s1. The summed E-state index contributed by atoms with van der Waals surface area (Å²) < 4.78 is 7.38. The summed E-state index contributed by atoms with van der Waals surface area (Å²) in [4.78, 5) is 28.1. The lowest BCUT2D eigenvalue weighted by molar-refractivity contribution is 0.0526. The van der Waals surface area contributed by atoms with Gasteiger partial charge in [0.2, 0.25) is 0 Å². The van der Waals surface area contributed by atoms with Crippen molar-refractivity contribution in [3.8, 4) is 5.00 Å². The number of carbonyl (C=O) groups excluding carboxylic acids is 2. The summed E-state index contributed by atoms with van der Waals surface area (Å²) in [5.41, 5.74) is 3.87. The van der Waals surface area contributed by atoms with Crippen LogP contribution in [0.4, 0.5) is 9.80 Å². The number of thiophene rings is 2. The van der Waals surface area contributed by atoms with E-state index in [9.17, 15) is 9.59 Å². The van der Waals surface area contributed by atoms with Gasteiger partial charge in [-0.25, -0.2) is 9.59 Å². The smallest absolute Gasteiger partial charge is 0.341 e. The molecule has 3 aromatic heterocycles. The van der Waals surface area contributed by atoms with E-state index in [4.69, 9.17) is 4.74 Å². The molecular weight excluding hydrogens is 442 g/mol. The summed E-state index contributed by atoms with van der Waals surface area (Å²) in [5, 5.41) is 7.72. The molecule has 170 valence electrons.